The number of anilines is 1. The highest BCUT2D eigenvalue weighted by Gasteiger charge is 2.15. The summed E-state index contributed by atoms with van der Waals surface area (Å²) in [6, 6.07) is 15.4. The number of carboxylic acid groups (broad SMARTS) is 1. The number of ether oxygens (including phenoxy) is 1. The van der Waals surface area contributed by atoms with Gasteiger partial charge in [0.25, 0.3) is 5.91 Å². The number of carbonyl (C=O) groups excluding carboxylic acids is 1. The smallest absolute Gasteiger partial charge is 0.337 e. The molecule has 1 aromatic heterocycles. The van der Waals surface area contributed by atoms with Gasteiger partial charge in [0.05, 0.1) is 17.9 Å². The Kier molecular flexibility index (Phi) is 5.47. The molecule has 0 fully saturated rings. The van der Waals surface area contributed by atoms with Gasteiger partial charge in [-0.2, -0.15) is 0 Å². The van der Waals surface area contributed by atoms with E-state index in [-0.39, 0.29) is 11.3 Å². The Morgan fingerprint density at radius 3 is 2.52 bits per heavy atom. The van der Waals surface area contributed by atoms with E-state index in [1.165, 1.54) is 12.1 Å². The summed E-state index contributed by atoms with van der Waals surface area (Å²) >= 11 is 0. The summed E-state index contributed by atoms with van der Waals surface area (Å²) < 4.78 is 5.32. The molecule has 3 aromatic rings. The molecule has 2 aromatic carbocycles. The maximum Gasteiger partial charge on any atom is 0.337 e. The number of hydrogen-bond donors (Lipinski definition) is 2. The van der Waals surface area contributed by atoms with Crippen molar-refractivity contribution in [2.75, 3.05) is 11.9 Å². The molecule has 136 valence electrons. The molecule has 0 aliphatic carbocycles. The summed E-state index contributed by atoms with van der Waals surface area (Å²) in [7, 11) is 0. The molecule has 27 heavy (non-hydrogen) atoms. The van der Waals surface area contributed by atoms with Crippen molar-refractivity contribution in [3.63, 3.8) is 0 Å². The number of hydrogen-bond acceptors (Lipinski definition) is 4. The van der Waals surface area contributed by atoms with Crippen LogP contribution in [0.1, 0.15) is 27.6 Å². The Hall–Kier alpha value is -3.67. The van der Waals surface area contributed by atoms with Crippen molar-refractivity contribution in [2.24, 2.45) is 0 Å². The van der Waals surface area contributed by atoms with Gasteiger partial charge >= 0.3 is 5.97 Å². The second-order valence-corrected chi connectivity index (χ2v) is 5.72. The molecule has 3 rings (SSSR count). The molecule has 0 saturated carbocycles. The van der Waals surface area contributed by atoms with E-state index in [1.54, 1.807) is 36.7 Å². The second-order valence-electron chi connectivity index (χ2n) is 5.72. The van der Waals surface area contributed by atoms with E-state index in [9.17, 15) is 14.7 Å². The van der Waals surface area contributed by atoms with Crippen LogP contribution in [0.15, 0.2) is 67.0 Å². The van der Waals surface area contributed by atoms with Crippen molar-refractivity contribution in [1.29, 1.82) is 0 Å². The van der Waals surface area contributed by atoms with E-state index in [1.807, 2.05) is 25.1 Å². The molecule has 0 aliphatic rings. The van der Waals surface area contributed by atoms with Crippen molar-refractivity contribution < 1.29 is 19.4 Å². The lowest BCUT2D eigenvalue weighted by Gasteiger charge is -2.11. The minimum atomic E-state index is -1.14. The fourth-order valence-corrected chi connectivity index (χ4v) is 2.64. The molecule has 0 saturated heterocycles. The van der Waals surface area contributed by atoms with E-state index in [4.69, 9.17) is 4.74 Å². The standard InChI is InChI=1S/C21H18N2O4/c1-2-27-17-6-7-19(18(13-17)21(25)26)23-20(24)16-5-3-4-15(12-16)14-8-10-22-11-9-14/h3-13H,2H2,1H3,(H,23,24)(H,25,26). The predicted molar refractivity (Wildman–Crippen MR) is 102 cm³/mol. The molecule has 6 heteroatoms. The first-order chi connectivity index (χ1) is 13.1. The van der Waals surface area contributed by atoms with Gasteiger partial charge in [-0.05, 0) is 60.5 Å². The summed E-state index contributed by atoms with van der Waals surface area (Å²) in [6.45, 7) is 2.23. The Balaban J connectivity index is 1.87. The summed E-state index contributed by atoms with van der Waals surface area (Å²) in [5, 5.41) is 12.1. The number of nitrogens with one attached hydrogen (secondary N) is 1. The van der Waals surface area contributed by atoms with Crippen LogP contribution in [-0.2, 0) is 0 Å². The van der Waals surface area contributed by atoms with Gasteiger partial charge in [0.2, 0.25) is 0 Å². The minimum absolute atomic E-state index is 0.0282. The summed E-state index contributed by atoms with van der Waals surface area (Å²) in [6.07, 6.45) is 3.36. The highest BCUT2D eigenvalue weighted by molar-refractivity contribution is 6.08. The van der Waals surface area contributed by atoms with E-state index in [2.05, 4.69) is 10.3 Å². The Morgan fingerprint density at radius 2 is 1.81 bits per heavy atom. The third-order valence-electron chi connectivity index (χ3n) is 3.92. The first kappa shape index (κ1) is 18.1. The Morgan fingerprint density at radius 1 is 1.04 bits per heavy atom. The molecule has 2 N–H and O–H groups in total. The van der Waals surface area contributed by atoms with E-state index < -0.39 is 11.9 Å². The topological polar surface area (TPSA) is 88.5 Å². The SMILES string of the molecule is CCOc1ccc(NC(=O)c2cccc(-c3ccncc3)c2)c(C(=O)O)c1. The van der Waals surface area contributed by atoms with Crippen molar-refractivity contribution in [2.45, 2.75) is 6.92 Å². The zero-order valence-corrected chi connectivity index (χ0v) is 14.7. The number of aromatic carboxylic acids is 1. The molecule has 1 amide bonds. The van der Waals surface area contributed by atoms with Crippen LogP contribution in [0.4, 0.5) is 5.69 Å². The number of amides is 1. The van der Waals surface area contributed by atoms with Crippen LogP contribution in [0.2, 0.25) is 0 Å². The average Bonchev–Trinajstić information content (AvgIpc) is 2.70. The molecule has 0 bridgehead atoms. The molecular weight excluding hydrogens is 344 g/mol. The Labute approximate surface area is 156 Å². The number of carboxylic acids is 1. The highest BCUT2D eigenvalue weighted by Crippen LogP contribution is 2.24. The Bertz CT molecular complexity index is 971. The lowest BCUT2D eigenvalue weighted by Crippen LogP contribution is -2.15. The number of pyridine rings is 1. The van der Waals surface area contributed by atoms with Crippen LogP contribution in [0.25, 0.3) is 11.1 Å². The lowest BCUT2D eigenvalue weighted by atomic mass is 10.0. The van der Waals surface area contributed by atoms with E-state index in [0.29, 0.717) is 17.9 Å². The van der Waals surface area contributed by atoms with Gasteiger partial charge in [0.1, 0.15) is 5.75 Å². The second kappa shape index (κ2) is 8.14. The van der Waals surface area contributed by atoms with Gasteiger partial charge in [-0.25, -0.2) is 4.79 Å². The summed E-state index contributed by atoms with van der Waals surface area (Å²) in [4.78, 5) is 28.1. The molecule has 0 radical (unpaired) electrons. The first-order valence-corrected chi connectivity index (χ1v) is 8.40. The number of nitrogens with zero attached hydrogens (tertiary/aromatic N) is 1. The molecule has 0 spiro atoms. The molecule has 0 unspecified atom stereocenters. The number of aromatic nitrogens is 1. The van der Waals surface area contributed by atoms with E-state index >= 15 is 0 Å². The highest BCUT2D eigenvalue weighted by atomic mass is 16.5. The maximum atomic E-state index is 12.6. The van der Waals surface area contributed by atoms with Crippen LogP contribution in [0.5, 0.6) is 5.75 Å². The zero-order chi connectivity index (χ0) is 19.2. The quantitative estimate of drug-likeness (QED) is 0.689. The van der Waals surface area contributed by atoms with Gasteiger partial charge in [-0.1, -0.05) is 12.1 Å². The fourth-order valence-electron chi connectivity index (χ4n) is 2.64. The van der Waals surface area contributed by atoms with Gasteiger partial charge in [0, 0.05) is 18.0 Å². The van der Waals surface area contributed by atoms with Crippen molar-refractivity contribution in [3.8, 4) is 16.9 Å². The molecule has 0 atom stereocenters. The number of benzene rings is 2. The van der Waals surface area contributed by atoms with Gasteiger partial charge in [0.15, 0.2) is 0 Å². The van der Waals surface area contributed by atoms with Crippen LogP contribution < -0.4 is 10.1 Å². The van der Waals surface area contributed by atoms with Crippen LogP contribution in [-0.4, -0.2) is 28.6 Å². The van der Waals surface area contributed by atoms with Gasteiger partial charge < -0.3 is 15.2 Å². The number of carbonyl (C=O) groups is 2. The molecular formula is C21H18N2O4. The third kappa shape index (κ3) is 4.30. The summed E-state index contributed by atoms with van der Waals surface area (Å²) in [5.41, 5.74) is 2.42. The zero-order valence-electron chi connectivity index (χ0n) is 14.7. The summed E-state index contributed by atoms with van der Waals surface area (Å²) in [5.74, 6) is -1.09. The lowest BCUT2D eigenvalue weighted by molar-refractivity contribution is 0.0697. The number of rotatable bonds is 6. The normalized spacial score (nSPS) is 10.3. The van der Waals surface area contributed by atoms with Crippen molar-refractivity contribution >= 4 is 17.6 Å². The third-order valence-corrected chi connectivity index (χ3v) is 3.92. The van der Waals surface area contributed by atoms with Gasteiger partial charge in [-0.3, -0.25) is 9.78 Å². The molecule has 1 heterocycles. The average molecular weight is 362 g/mol. The van der Waals surface area contributed by atoms with Crippen molar-refractivity contribution in [1.82, 2.24) is 4.98 Å². The van der Waals surface area contributed by atoms with E-state index in [0.717, 1.165) is 11.1 Å². The van der Waals surface area contributed by atoms with Gasteiger partial charge in [-0.15, -0.1) is 0 Å². The monoisotopic (exact) mass is 362 g/mol. The van der Waals surface area contributed by atoms with Crippen LogP contribution >= 0.6 is 0 Å². The van der Waals surface area contributed by atoms with Crippen LogP contribution in [0, 0.1) is 0 Å². The maximum absolute atomic E-state index is 12.6. The molecule has 0 aliphatic heterocycles. The largest absolute Gasteiger partial charge is 0.494 e. The minimum Gasteiger partial charge on any atom is -0.494 e. The predicted octanol–water partition coefficient (Wildman–Crippen LogP) is 4.10. The first-order valence-electron chi connectivity index (χ1n) is 8.40. The van der Waals surface area contributed by atoms with Crippen LogP contribution in [0.3, 0.4) is 0 Å². The van der Waals surface area contributed by atoms with Crippen molar-refractivity contribution in [3.05, 3.63) is 78.1 Å². The fraction of sp³-hybridized carbons (Fsp3) is 0.0952. The molecule has 6 nitrogen and oxygen atoms in total.